The van der Waals surface area contributed by atoms with E-state index >= 15 is 0 Å². The average molecular weight is 472 g/mol. The number of nitrogens with zero attached hydrogens (tertiary/aromatic N) is 7. The van der Waals surface area contributed by atoms with Crippen LogP contribution in [-0.4, -0.2) is 38.3 Å². The molecule has 9 nitrogen and oxygen atoms in total. The van der Waals surface area contributed by atoms with Gasteiger partial charge in [-0.1, -0.05) is 23.2 Å². The highest BCUT2D eigenvalue weighted by molar-refractivity contribution is 6.42. The van der Waals surface area contributed by atoms with Crippen molar-refractivity contribution in [3.63, 3.8) is 0 Å². The SMILES string of the molecule is CCN1/C2=C/c3nc(NNC)nc(n3)-n3nc(C)c(C)c3C(C)N2c2cc(Cl)c(Cl)cc21. The monoisotopic (exact) mass is 471 g/mol. The Morgan fingerprint density at radius 3 is 2.47 bits per heavy atom. The second-order valence-corrected chi connectivity index (χ2v) is 8.56. The second kappa shape index (κ2) is 7.61. The molecule has 2 bridgehead atoms. The molecule has 0 amide bonds. The van der Waals surface area contributed by atoms with Crippen LogP contribution in [0.25, 0.3) is 12.0 Å². The molecule has 0 aliphatic carbocycles. The van der Waals surface area contributed by atoms with Crippen molar-refractivity contribution in [2.24, 2.45) is 0 Å². The molecule has 5 rings (SSSR count). The summed E-state index contributed by atoms with van der Waals surface area (Å²) in [5, 5.41) is 5.79. The van der Waals surface area contributed by atoms with Crippen LogP contribution in [0.3, 0.4) is 0 Å². The predicted octanol–water partition coefficient (Wildman–Crippen LogP) is 4.25. The Kier molecular flexibility index (Phi) is 4.99. The van der Waals surface area contributed by atoms with Gasteiger partial charge >= 0.3 is 0 Å². The van der Waals surface area contributed by atoms with Gasteiger partial charge in [0, 0.05) is 19.7 Å². The van der Waals surface area contributed by atoms with Crippen LogP contribution in [0.5, 0.6) is 0 Å². The number of aryl methyl sites for hydroxylation is 1. The maximum absolute atomic E-state index is 6.45. The third-order valence-electron chi connectivity index (χ3n) is 5.92. The zero-order chi connectivity index (χ0) is 22.7. The van der Waals surface area contributed by atoms with Crippen LogP contribution < -0.4 is 20.7 Å². The lowest BCUT2D eigenvalue weighted by Crippen LogP contribution is -2.31. The number of hydrogen-bond donors (Lipinski definition) is 2. The number of benzene rings is 1. The first-order chi connectivity index (χ1) is 15.3. The van der Waals surface area contributed by atoms with Crippen molar-refractivity contribution in [3.05, 3.63) is 50.8 Å². The molecule has 0 saturated heterocycles. The van der Waals surface area contributed by atoms with Gasteiger partial charge < -0.3 is 9.80 Å². The number of nitrogens with one attached hydrogen (secondary N) is 2. The lowest BCUT2D eigenvalue weighted by Gasteiger charge is -2.30. The maximum atomic E-state index is 6.45. The number of halogens is 2. The van der Waals surface area contributed by atoms with Gasteiger partial charge in [0.1, 0.15) is 5.82 Å². The number of aromatic nitrogens is 5. The van der Waals surface area contributed by atoms with Gasteiger partial charge in [0.15, 0.2) is 5.82 Å². The van der Waals surface area contributed by atoms with E-state index in [-0.39, 0.29) is 6.04 Å². The van der Waals surface area contributed by atoms with Crippen molar-refractivity contribution in [1.29, 1.82) is 0 Å². The fourth-order valence-corrected chi connectivity index (χ4v) is 4.73. The molecule has 1 atom stereocenters. The van der Waals surface area contributed by atoms with Crippen molar-refractivity contribution in [1.82, 2.24) is 30.2 Å². The molecule has 2 aliphatic heterocycles. The molecule has 2 aliphatic rings. The van der Waals surface area contributed by atoms with E-state index in [1.165, 1.54) is 0 Å². The normalized spacial score (nSPS) is 18.2. The summed E-state index contributed by atoms with van der Waals surface area (Å²) in [7, 11) is 1.76. The summed E-state index contributed by atoms with van der Waals surface area (Å²) in [6.07, 6.45) is 1.96. The third-order valence-corrected chi connectivity index (χ3v) is 6.64. The van der Waals surface area contributed by atoms with Gasteiger partial charge in [-0.25, -0.2) is 10.1 Å². The molecule has 0 spiro atoms. The van der Waals surface area contributed by atoms with Crippen LogP contribution in [0.4, 0.5) is 17.3 Å². The highest BCUT2D eigenvalue weighted by atomic mass is 35.5. The lowest BCUT2D eigenvalue weighted by atomic mass is 10.1. The molecular weight excluding hydrogens is 449 g/mol. The molecule has 1 unspecified atom stereocenters. The number of anilines is 3. The topological polar surface area (TPSA) is 87.0 Å². The Balaban J connectivity index is 1.85. The van der Waals surface area contributed by atoms with Gasteiger partial charge in [0.2, 0.25) is 5.95 Å². The molecule has 11 heteroatoms. The Bertz CT molecular complexity index is 1270. The van der Waals surface area contributed by atoms with Gasteiger partial charge in [-0.3, -0.25) is 5.43 Å². The van der Waals surface area contributed by atoms with Crippen LogP contribution in [-0.2, 0) is 0 Å². The first kappa shape index (κ1) is 21.0. The molecular formula is C21H23Cl2N9. The molecule has 0 radical (unpaired) electrons. The van der Waals surface area contributed by atoms with Crippen molar-refractivity contribution >= 4 is 46.6 Å². The molecule has 166 valence electrons. The molecule has 3 aromatic rings. The van der Waals surface area contributed by atoms with Gasteiger partial charge in [0.25, 0.3) is 5.95 Å². The second-order valence-electron chi connectivity index (χ2n) is 7.75. The number of rotatable bonds is 3. The Morgan fingerprint density at radius 2 is 1.78 bits per heavy atom. The molecule has 2 aromatic heterocycles. The molecule has 4 heterocycles. The van der Waals surface area contributed by atoms with Gasteiger partial charge in [0.05, 0.1) is 38.8 Å². The fraction of sp³-hybridized carbons (Fsp3) is 0.333. The number of hydrogen-bond acceptors (Lipinski definition) is 8. The van der Waals surface area contributed by atoms with Crippen molar-refractivity contribution in [2.75, 3.05) is 28.8 Å². The highest BCUT2D eigenvalue weighted by Gasteiger charge is 2.38. The van der Waals surface area contributed by atoms with E-state index in [2.05, 4.69) is 51.4 Å². The third kappa shape index (κ3) is 3.03. The first-order valence-electron chi connectivity index (χ1n) is 10.4. The van der Waals surface area contributed by atoms with Crippen molar-refractivity contribution in [3.8, 4) is 5.95 Å². The van der Waals surface area contributed by atoms with E-state index in [0.29, 0.717) is 27.8 Å². The van der Waals surface area contributed by atoms with E-state index in [4.69, 9.17) is 33.3 Å². The standard InChI is InChI=1S/C21H23Cl2N9/c1-6-30-15-7-13(22)14(23)8-16(15)31-12(4)19-10(2)11(3)29-32(19)21-26-17(9-18(30)31)25-20(27-21)28-24-5/h7-9,12,24H,6H2,1-5H3,(H,25,26,27,28)/b18-9-. The molecule has 1 aromatic carbocycles. The minimum Gasteiger partial charge on any atom is -0.326 e. The van der Waals surface area contributed by atoms with Gasteiger partial charge in [-0.15, -0.1) is 0 Å². The van der Waals surface area contributed by atoms with Crippen LogP contribution in [0.1, 0.15) is 42.7 Å². The zero-order valence-electron chi connectivity index (χ0n) is 18.4. The summed E-state index contributed by atoms with van der Waals surface area (Å²) in [6.45, 7) is 9.04. The van der Waals surface area contributed by atoms with E-state index in [1.807, 2.05) is 29.8 Å². The average Bonchev–Trinajstić information content (AvgIpc) is 3.21. The Labute approximate surface area is 196 Å². The van der Waals surface area contributed by atoms with Crippen LogP contribution in [0, 0.1) is 13.8 Å². The highest BCUT2D eigenvalue weighted by Crippen LogP contribution is 2.50. The van der Waals surface area contributed by atoms with E-state index in [9.17, 15) is 0 Å². The smallest absolute Gasteiger partial charge is 0.256 e. The summed E-state index contributed by atoms with van der Waals surface area (Å²) in [6, 6.07) is 3.74. The molecule has 32 heavy (non-hydrogen) atoms. The van der Waals surface area contributed by atoms with Gasteiger partial charge in [-0.2, -0.15) is 20.1 Å². The van der Waals surface area contributed by atoms with Crippen LogP contribution in [0.2, 0.25) is 10.0 Å². The van der Waals surface area contributed by atoms with Gasteiger partial charge in [-0.05, 0) is 45.4 Å². The predicted molar refractivity (Wildman–Crippen MR) is 127 cm³/mol. The lowest BCUT2D eigenvalue weighted by molar-refractivity contribution is 0.654. The summed E-state index contributed by atoms with van der Waals surface area (Å²) in [5.41, 5.74) is 10.8. The minimum absolute atomic E-state index is 0.0893. The summed E-state index contributed by atoms with van der Waals surface area (Å²) < 4.78 is 1.81. The fourth-order valence-electron chi connectivity index (χ4n) is 4.41. The molecule has 0 fully saturated rings. The maximum Gasteiger partial charge on any atom is 0.256 e. The summed E-state index contributed by atoms with van der Waals surface area (Å²) >= 11 is 12.9. The van der Waals surface area contributed by atoms with Crippen molar-refractivity contribution < 1.29 is 0 Å². The van der Waals surface area contributed by atoms with E-state index in [1.54, 1.807) is 7.05 Å². The summed E-state index contributed by atoms with van der Waals surface area (Å²) in [4.78, 5) is 18.3. The Hall–Kier alpha value is -2.88. The van der Waals surface area contributed by atoms with E-state index in [0.717, 1.165) is 40.7 Å². The molecule has 2 N–H and O–H groups in total. The quantitative estimate of drug-likeness (QED) is 0.548. The molecule has 0 saturated carbocycles. The van der Waals surface area contributed by atoms with Crippen LogP contribution >= 0.6 is 23.2 Å². The Morgan fingerprint density at radius 1 is 1.06 bits per heavy atom. The minimum atomic E-state index is -0.0893. The van der Waals surface area contributed by atoms with Crippen LogP contribution in [0.15, 0.2) is 18.0 Å². The largest absolute Gasteiger partial charge is 0.326 e. The van der Waals surface area contributed by atoms with E-state index < -0.39 is 0 Å². The number of fused-ring (bicyclic) bond motifs is 7. The number of hydrazine groups is 1. The summed E-state index contributed by atoms with van der Waals surface area (Å²) in [5.74, 6) is 2.32. The zero-order valence-corrected chi connectivity index (χ0v) is 19.9. The van der Waals surface area contributed by atoms with Crippen molar-refractivity contribution in [2.45, 2.75) is 33.7 Å². The first-order valence-corrected chi connectivity index (χ1v) is 11.1.